The van der Waals surface area contributed by atoms with Crippen molar-refractivity contribution in [3.63, 3.8) is 0 Å². The second-order valence-electron chi connectivity index (χ2n) is 4.30. The van der Waals surface area contributed by atoms with Crippen LogP contribution in [0, 0.1) is 0 Å². The minimum Gasteiger partial charge on any atom is -0.496 e. The molecule has 0 aromatic heterocycles. The molecule has 1 aromatic carbocycles. The van der Waals surface area contributed by atoms with E-state index in [-0.39, 0.29) is 11.3 Å². The maximum atomic E-state index is 11.8. The molecule has 0 radical (unpaired) electrons. The zero-order valence-corrected chi connectivity index (χ0v) is 11.3. The standard InChI is InChI=1S/C13H17NO3S/c1-9(15)7-14-12(16)8-18-13(14)10-5-3-4-6-11(10)17-2/h3-6,9,13,15H,7-8H2,1-2H3/t9-,13+/m1/s1. The molecule has 0 spiro atoms. The van der Waals surface area contributed by atoms with Gasteiger partial charge in [0.1, 0.15) is 11.1 Å². The number of hydrogen-bond acceptors (Lipinski definition) is 4. The van der Waals surface area contributed by atoms with Gasteiger partial charge in [0.25, 0.3) is 0 Å². The van der Waals surface area contributed by atoms with Gasteiger partial charge in [0.2, 0.25) is 5.91 Å². The van der Waals surface area contributed by atoms with E-state index in [0.717, 1.165) is 11.3 Å². The van der Waals surface area contributed by atoms with Gasteiger partial charge in [-0.05, 0) is 13.0 Å². The Bertz CT molecular complexity index is 436. The summed E-state index contributed by atoms with van der Waals surface area (Å²) >= 11 is 1.57. The largest absolute Gasteiger partial charge is 0.496 e. The fraction of sp³-hybridized carbons (Fsp3) is 0.462. The zero-order chi connectivity index (χ0) is 13.1. The van der Waals surface area contributed by atoms with Crippen molar-refractivity contribution in [1.82, 2.24) is 4.90 Å². The smallest absolute Gasteiger partial charge is 0.233 e. The number of thioether (sulfide) groups is 1. The molecule has 0 unspecified atom stereocenters. The summed E-state index contributed by atoms with van der Waals surface area (Å²) in [5.74, 6) is 1.30. The lowest BCUT2D eigenvalue weighted by Gasteiger charge is -2.26. The van der Waals surface area contributed by atoms with Crippen LogP contribution in [0.1, 0.15) is 17.9 Å². The molecular formula is C13H17NO3S. The summed E-state index contributed by atoms with van der Waals surface area (Å²) in [5.41, 5.74) is 0.983. The van der Waals surface area contributed by atoms with Gasteiger partial charge in [0.05, 0.1) is 19.0 Å². The van der Waals surface area contributed by atoms with E-state index in [1.54, 1.807) is 30.7 Å². The van der Waals surface area contributed by atoms with Crippen LogP contribution >= 0.6 is 11.8 Å². The van der Waals surface area contributed by atoms with E-state index in [1.165, 1.54) is 0 Å². The number of methoxy groups -OCH3 is 1. The van der Waals surface area contributed by atoms with E-state index in [4.69, 9.17) is 4.74 Å². The first-order valence-corrected chi connectivity index (χ1v) is 6.90. The average molecular weight is 267 g/mol. The van der Waals surface area contributed by atoms with Crippen LogP contribution < -0.4 is 4.74 Å². The van der Waals surface area contributed by atoms with Crippen molar-refractivity contribution in [2.75, 3.05) is 19.4 Å². The maximum absolute atomic E-state index is 11.8. The minimum absolute atomic E-state index is 0.0664. The summed E-state index contributed by atoms with van der Waals surface area (Å²) in [6.45, 7) is 2.05. The van der Waals surface area contributed by atoms with Crippen molar-refractivity contribution < 1.29 is 14.6 Å². The van der Waals surface area contributed by atoms with E-state index in [9.17, 15) is 9.90 Å². The molecule has 98 valence electrons. The van der Waals surface area contributed by atoms with Crippen LogP contribution in [0.4, 0.5) is 0 Å². The van der Waals surface area contributed by atoms with Gasteiger partial charge >= 0.3 is 0 Å². The number of nitrogens with zero attached hydrogens (tertiary/aromatic N) is 1. The summed E-state index contributed by atoms with van der Waals surface area (Å²) in [5, 5.41) is 9.42. The van der Waals surface area contributed by atoms with Crippen LogP contribution in [0.3, 0.4) is 0 Å². The molecule has 4 nitrogen and oxygen atoms in total. The van der Waals surface area contributed by atoms with Crippen LogP contribution in [0.2, 0.25) is 0 Å². The van der Waals surface area contributed by atoms with E-state index in [0.29, 0.717) is 12.3 Å². The van der Waals surface area contributed by atoms with Crippen molar-refractivity contribution in [2.45, 2.75) is 18.4 Å². The third-order valence-corrected chi connectivity index (χ3v) is 4.07. The first-order chi connectivity index (χ1) is 8.63. The van der Waals surface area contributed by atoms with E-state index < -0.39 is 6.10 Å². The molecule has 1 amide bonds. The Morgan fingerprint density at radius 3 is 2.94 bits per heavy atom. The highest BCUT2D eigenvalue weighted by molar-refractivity contribution is 8.00. The molecule has 2 atom stereocenters. The Balaban J connectivity index is 2.28. The lowest BCUT2D eigenvalue weighted by atomic mass is 10.1. The highest BCUT2D eigenvalue weighted by atomic mass is 32.2. The van der Waals surface area contributed by atoms with Gasteiger partial charge in [-0.2, -0.15) is 0 Å². The molecular weight excluding hydrogens is 250 g/mol. The second-order valence-corrected chi connectivity index (χ2v) is 5.37. The van der Waals surface area contributed by atoms with Crippen LogP contribution in [-0.4, -0.2) is 41.4 Å². The normalized spacial score (nSPS) is 21.2. The number of benzene rings is 1. The molecule has 1 saturated heterocycles. The van der Waals surface area contributed by atoms with Crippen LogP contribution in [0.5, 0.6) is 5.75 Å². The van der Waals surface area contributed by atoms with Gasteiger partial charge < -0.3 is 14.7 Å². The lowest BCUT2D eigenvalue weighted by Crippen LogP contribution is -2.34. The third-order valence-electron chi connectivity index (χ3n) is 2.83. The summed E-state index contributed by atoms with van der Waals surface area (Å²) in [7, 11) is 1.62. The number of β-amino-alcohol motifs (C(OH)–C–C–N with tert-alkyl or cyclic N) is 1. The lowest BCUT2D eigenvalue weighted by molar-refractivity contribution is -0.129. The number of aliphatic hydroxyl groups excluding tert-OH is 1. The monoisotopic (exact) mass is 267 g/mol. The second kappa shape index (κ2) is 5.63. The van der Waals surface area contributed by atoms with E-state index in [1.807, 2.05) is 24.3 Å². The molecule has 0 bridgehead atoms. The number of para-hydroxylation sites is 1. The van der Waals surface area contributed by atoms with Gasteiger partial charge in [-0.25, -0.2) is 0 Å². The number of amides is 1. The molecule has 0 aliphatic carbocycles. The molecule has 1 fully saturated rings. The van der Waals surface area contributed by atoms with Crippen molar-refractivity contribution in [2.24, 2.45) is 0 Å². The highest BCUT2D eigenvalue weighted by Crippen LogP contribution is 2.42. The summed E-state index contributed by atoms with van der Waals surface area (Å²) in [6.07, 6.45) is -0.523. The van der Waals surface area contributed by atoms with Gasteiger partial charge in [-0.15, -0.1) is 11.8 Å². The number of rotatable bonds is 4. The third kappa shape index (κ3) is 2.62. The van der Waals surface area contributed by atoms with Gasteiger partial charge in [-0.3, -0.25) is 4.79 Å². The molecule has 1 aliphatic rings. The molecule has 1 aliphatic heterocycles. The Morgan fingerprint density at radius 2 is 2.28 bits per heavy atom. The number of carbonyl (C=O) groups is 1. The van der Waals surface area contributed by atoms with Gasteiger partial charge in [0, 0.05) is 12.1 Å². The van der Waals surface area contributed by atoms with Crippen LogP contribution in [0.15, 0.2) is 24.3 Å². The van der Waals surface area contributed by atoms with E-state index in [2.05, 4.69) is 0 Å². The molecule has 1 heterocycles. The first-order valence-electron chi connectivity index (χ1n) is 5.85. The maximum Gasteiger partial charge on any atom is 0.233 e. The Kier molecular flexibility index (Phi) is 4.14. The highest BCUT2D eigenvalue weighted by Gasteiger charge is 2.34. The summed E-state index contributed by atoms with van der Waals surface area (Å²) < 4.78 is 5.33. The van der Waals surface area contributed by atoms with Gasteiger partial charge in [0.15, 0.2) is 0 Å². The summed E-state index contributed by atoms with van der Waals surface area (Å²) in [6, 6.07) is 7.69. The van der Waals surface area contributed by atoms with Crippen LogP contribution in [0.25, 0.3) is 0 Å². The zero-order valence-electron chi connectivity index (χ0n) is 10.5. The van der Waals surface area contributed by atoms with Crippen molar-refractivity contribution in [1.29, 1.82) is 0 Å². The van der Waals surface area contributed by atoms with E-state index >= 15 is 0 Å². The Hall–Kier alpha value is -1.20. The molecule has 5 heteroatoms. The molecule has 18 heavy (non-hydrogen) atoms. The van der Waals surface area contributed by atoms with Crippen molar-refractivity contribution >= 4 is 17.7 Å². The predicted molar refractivity (Wildman–Crippen MR) is 71.6 cm³/mol. The topological polar surface area (TPSA) is 49.8 Å². The number of carbonyl (C=O) groups excluding carboxylic acids is 1. The molecule has 0 saturated carbocycles. The Labute approximate surface area is 111 Å². The number of aliphatic hydroxyl groups is 1. The summed E-state index contributed by atoms with van der Waals surface area (Å²) in [4.78, 5) is 13.6. The average Bonchev–Trinajstić information content (AvgIpc) is 2.70. The Morgan fingerprint density at radius 1 is 1.56 bits per heavy atom. The quantitative estimate of drug-likeness (QED) is 0.901. The fourth-order valence-electron chi connectivity index (χ4n) is 2.06. The molecule has 1 aromatic rings. The van der Waals surface area contributed by atoms with Crippen molar-refractivity contribution in [3.8, 4) is 5.75 Å². The van der Waals surface area contributed by atoms with Crippen LogP contribution in [-0.2, 0) is 4.79 Å². The SMILES string of the molecule is COc1ccccc1[C@@H]1SCC(=O)N1C[C@@H](C)O. The minimum atomic E-state index is -0.523. The molecule has 1 N–H and O–H groups in total. The van der Waals surface area contributed by atoms with Crippen molar-refractivity contribution in [3.05, 3.63) is 29.8 Å². The fourth-order valence-corrected chi connectivity index (χ4v) is 3.29. The first kappa shape index (κ1) is 13.2. The number of ether oxygens (including phenoxy) is 1. The molecule has 2 rings (SSSR count). The van der Waals surface area contributed by atoms with Gasteiger partial charge in [-0.1, -0.05) is 18.2 Å². The predicted octanol–water partition coefficient (Wildman–Crippen LogP) is 1.65. The number of hydrogen-bond donors (Lipinski definition) is 1.